The zero-order chi connectivity index (χ0) is 22.8. The number of hydrogen-bond acceptors (Lipinski definition) is 5. The van der Waals surface area contributed by atoms with E-state index in [1.807, 2.05) is 0 Å². The number of rotatable bonds is 24. The molecule has 0 heterocycles. The maximum absolute atomic E-state index is 11.7. The number of hydrogen-bond donors (Lipinski definition) is 0. The predicted octanol–water partition coefficient (Wildman–Crippen LogP) is 7.15. The molecule has 0 aliphatic rings. The fourth-order valence-corrected chi connectivity index (χ4v) is 3.48. The smallest absolute Gasteiger partial charge is 0.305 e. The summed E-state index contributed by atoms with van der Waals surface area (Å²) in [5.74, 6) is -0.310. The van der Waals surface area contributed by atoms with Gasteiger partial charge in [-0.3, -0.25) is 9.59 Å². The van der Waals surface area contributed by atoms with Crippen LogP contribution in [0.25, 0.3) is 0 Å². The summed E-state index contributed by atoms with van der Waals surface area (Å²) in [5, 5.41) is 0. The van der Waals surface area contributed by atoms with Gasteiger partial charge >= 0.3 is 11.9 Å². The van der Waals surface area contributed by atoms with Crippen molar-refractivity contribution in [1.82, 2.24) is 0 Å². The van der Waals surface area contributed by atoms with Crippen LogP contribution >= 0.6 is 0 Å². The monoisotopic (exact) mass is 442 g/mol. The minimum atomic E-state index is -0.165. The molecule has 0 atom stereocenters. The molecule has 0 spiro atoms. The lowest BCUT2D eigenvalue weighted by Gasteiger charge is -2.07. The van der Waals surface area contributed by atoms with E-state index in [1.165, 1.54) is 70.6 Å². The second-order valence-corrected chi connectivity index (χ2v) is 8.50. The van der Waals surface area contributed by atoms with Crippen molar-refractivity contribution in [3.05, 3.63) is 0 Å². The molecule has 5 heteroatoms. The molecular formula is C26H50O5. The summed E-state index contributed by atoms with van der Waals surface area (Å²) in [4.78, 5) is 23.1. The van der Waals surface area contributed by atoms with Crippen LogP contribution in [0.2, 0.25) is 0 Å². The summed E-state index contributed by atoms with van der Waals surface area (Å²) >= 11 is 0. The minimum Gasteiger partial charge on any atom is -0.463 e. The van der Waals surface area contributed by atoms with Gasteiger partial charge in [0.1, 0.15) is 13.2 Å². The summed E-state index contributed by atoms with van der Waals surface area (Å²) in [6, 6.07) is 0. The van der Waals surface area contributed by atoms with Crippen LogP contribution in [0.5, 0.6) is 0 Å². The Morgan fingerprint density at radius 1 is 0.452 bits per heavy atom. The van der Waals surface area contributed by atoms with Gasteiger partial charge in [-0.25, -0.2) is 0 Å². The van der Waals surface area contributed by atoms with E-state index in [1.54, 1.807) is 0 Å². The zero-order valence-electron chi connectivity index (χ0n) is 20.6. The molecule has 0 amide bonds. The lowest BCUT2D eigenvalue weighted by molar-refractivity contribution is -0.146. The molecule has 0 aliphatic heterocycles. The molecule has 0 rings (SSSR count). The minimum absolute atomic E-state index is 0.144. The van der Waals surface area contributed by atoms with E-state index in [-0.39, 0.29) is 25.2 Å². The van der Waals surface area contributed by atoms with Crippen molar-refractivity contribution in [3.8, 4) is 0 Å². The molecular weight excluding hydrogens is 392 g/mol. The van der Waals surface area contributed by atoms with E-state index < -0.39 is 0 Å². The first-order chi connectivity index (χ1) is 15.2. The van der Waals surface area contributed by atoms with E-state index >= 15 is 0 Å². The Bertz CT molecular complexity index is 397. The van der Waals surface area contributed by atoms with E-state index in [2.05, 4.69) is 13.8 Å². The Labute approximate surface area is 192 Å². The molecule has 31 heavy (non-hydrogen) atoms. The summed E-state index contributed by atoms with van der Waals surface area (Å²) in [6.45, 7) is 5.58. The van der Waals surface area contributed by atoms with Crippen LogP contribution in [-0.2, 0) is 23.8 Å². The Balaban J connectivity index is 3.22. The van der Waals surface area contributed by atoms with Crippen molar-refractivity contribution in [2.45, 2.75) is 129 Å². The maximum atomic E-state index is 11.7. The summed E-state index contributed by atoms with van der Waals surface area (Å²) in [5.41, 5.74) is 0. The third-order valence-corrected chi connectivity index (χ3v) is 5.45. The average molecular weight is 443 g/mol. The van der Waals surface area contributed by atoms with Crippen molar-refractivity contribution in [1.29, 1.82) is 0 Å². The van der Waals surface area contributed by atoms with Crippen molar-refractivity contribution >= 4 is 11.9 Å². The van der Waals surface area contributed by atoms with Crippen LogP contribution in [0.15, 0.2) is 0 Å². The molecule has 0 fully saturated rings. The molecule has 0 aromatic heterocycles. The van der Waals surface area contributed by atoms with Gasteiger partial charge < -0.3 is 14.2 Å². The Morgan fingerprint density at radius 2 is 0.774 bits per heavy atom. The van der Waals surface area contributed by atoms with Gasteiger partial charge in [0.2, 0.25) is 0 Å². The maximum Gasteiger partial charge on any atom is 0.305 e. The van der Waals surface area contributed by atoms with Gasteiger partial charge in [0.25, 0.3) is 0 Å². The Morgan fingerprint density at radius 3 is 1.19 bits per heavy atom. The number of ether oxygens (including phenoxy) is 3. The summed E-state index contributed by atoms with van der Waals surface area (Å²) < 4.78 is 15.6. The predicted molar refractivity (Wildman–Crippen MR) is 127 cm³/mol. The first kappa shape index (κ1) is 29.9. The van der Waals surface area contributed by atoms with E-state index in [4.69, 9.17) is 14.2 Å². The normalized spacial score (nSPS) is 10.9. The van der Waals surface area contributed by atoms with E-state index in [9.17, 15) is 9.59 Å². The SMILES string of the molecule is CCCCCCCCCCCCCCCC(=O)OCCOCCOC(=O)CCCCC. The highest BCUT2D eigenvalue weighted by atomic mass is 16.6. The van der Waals surface area contributed by atoms with Gasteiger partial charge in [0.05, 0.1) is 13.2 Å². The molecule has 0 unspecified atom stereocenters. The molecule has 0 aromatic carbocycles. The third kappa shape index (κ3) is 25.0. The van der Waals surface area contributed by atoms with Gasteiger partial charge in [0.15, 0.2) is 0 Å². The van der Waals surface area contributed by atoms with Gasteiger partial charge in [-0.2, -0.15) is 0 Å². The molecule has 0 saturated carbocycles. The average Bonchev–Trinajstić information content (AvgIpc) is 2.76. The Hall–Kier alpha value is -1.10. The second kappa shape index (κ2) is 25.2. The molecule has 0 N–H and O–H groups in total. The molecule has 0 radical (unpaired) electrons. The molecule has 0 saturated heterocycles. The number of carbonyl (C=O) groups is 2. The number of unbranched alkanes of at least 4 members (excludes halogenated alkanes) is 14. The fraction of sp³-hybridized carbons (Fsp3) is 0.923. The van der Waals surface area contributed by atoms with Crippen LogP contribution < -0.4 is 0 Å². The fourth-order valence-electron chi connectivity index (χ4n) is 3.48. The largest absolute Gasteiger partial charge is 0.463 e. The molecule has 184 valence electrons. The van der Waals surface area contributed by atoms with Crippen LogP contribution in [-0.4, -0.2) is 38.4 Å². The van der Waals surface area contributed by atoms with Crippen LogP contribution in [0, 0.1) is 0 Å². The second-order valence-electron chi connectivity index (χ2n) is 8.50. The quantitative estimate of drug-likeness (QED) is 0.117. The highest BCUT2D eigenvalue weighted by molar-refractivity contribution is 5.69. The summed E-state index contributed by atoms with van der Waals surface area (Å²) in [7, 11) is 0. The van der Waals surface area contributed by atoms with Crippen molar-refractivity contribution in [3.63, 3.8) is 0 Å². The highest BCUT2D eigenvalue weighted by Crippen LogP contribution is 2.13. The standard InChI is InChI=1S/C26H50O5/c1-3-5-7-8-9-10-11-12-13-14-15-16-18-20-26(28)31-24-22-29-21-23-30-25(27)19-17-6-4-2/h3-24H2,1-2H3. The first-order valence-electron chi connectivity index (χ1n) is 13.1. The van der Waals surface area contributed by atoms with Crippen LogP contribution in [0.3, 0.4) is 0 Å². The molecule has 0 aromatic rings. The van der Waals surface area contributed by atoms with Gasteiger partial charge in [-0.1, -0.05) is 104 Å². The Kier molecular flexibility index (Phi) is 24.3. The molecule has 0 aliphatic carbocycles. The molecule has 0 bridgehead atoms. The van der Waals surface area contributed by atoms with Gasteiger partial charge in [-0.05, 0) is 12.8 Å². The van der Waals surface area contributed by atoms with Crippen molar-refractivity contribution in [2.75, 3.05) is 26.4 Å². The summed E-state index contributed by atoms with van der Waals surface area (Å²) in [6.07, 6.45) is 20.9. The van der Waals surface area contributed by atoms with E-state index in [0.717, 1.165) is 32.1 Å². The highest BCUT2D eigenvalue weighted by Gasteiger charge is 2.04. The van der Waals surface area contributed by atoms with Crippen LogP contribution in [0.4, 0.5) is 0 Å². The van der Waals surface area contributed by atoms with Crippen LogP contribution in [0.1, 0.15) is 129 Å². The number of carbonyl (C=O) groups excluding carboxylic acids is 2. The topological polar surface area (TPSA) is 61.8 Å². The lowest BCUT2D eigenvalue weighted by Crippen LogP contribution is -2.14. The van der Waals surface area contributed by atoms with E-state index in [0.29, 0.717) is 26.1 Å². The lowest BCUT2D eigenvalue weighted by atomic mass is 10.0. The van der Waals surface area contributed by atoms with Crippen molar-refractivity contribution < 1.29 is 23.8 Å². The first-order valence-corrected chi connectivity index (χ1v) is 13.1. The van der Waals surface area contributed by atoms with Crippen molar-refractivity contribution in [2.24, 2.45) is 0 Å². The van der Waals surface area contributed by atoms with Gasteiger partial charge in [0, 0.05) is 12.8 Å². The molecule has 5 nitrogen and oxygen atoms in total. The van der Waals surface area contributed by atoms with Gasteiger partial charge in [-0.15, -0.1) is 0 Å². The third-order valence-electron chi connectivity index (χ3n) is 5.45. The zero-order valence-corrected chi connectivity index (χ0v) is 20.6. The number of esters is 2.